The first kappa shape index (κ1) is 17.0. The second-order valence-electron chi connectivity index (χ2n) is 6.23. The molecule has 0 aliphatic heterocycles. The molecule has 3 aromatic rings. The second kappa shape index (κ2) is 7.38. The molecule has 5 heteroatoms. The van der Waals surface area contributed by atoms with Crippen LogP contribution in [0.4, 0.5) is 5.69 Å². The van der Waals surface area contributed by atoms with E-state index in [0.717, 1.165) is 29.6 Å². The van der Waals surface area contributed by atoms with E-state index < -0.39 is 0 Å². The summed E-state index contributed by atoms with van der Waals surface area (Å²) in [6.07, 6.45) is 2.40. The van der Waals surface area contributed by atoms with Gasteiger partial charge in [0.1, 0.15) is 0 Å². The molecule has 25 heavy (non-hydrogen) atoms. The summed E-state index contributed by atoms with van der Waals surface area (Å²) in [4.78, 5) is 24.6. The fourth-order valence-electron chi connectivity index (χ4n) is 3.06. The molecule has 1 aromatic heterocycles. The summed E-state index contributed by atoms with van der Waals surface area (Å²) in [6, 6.07) is 15.5. The van der Waals surface area contributed by atoms with Crippen molar-refractivity contribution in [2.45, 2.75) is 32.7 Å². The molecule has 0 saturated heterocycles. The number of hydrogen-bond donors (Lipinski definition) is 1. The van der Waals surface area contributed by atoms with E-state index in [2.05, 4.69) is 12.2 Å². The minimum Gasteiger partial charge on any atom is -0.326 e. The lowest BCUT2D eigenvalue weighted by molar-refractivity contribution is -0.116. The summed E-state index contributed by atoms with van der Waals surface area (Å²) >= 11 is 0. The van der Waals surface area contributed by atoms with Crippen LogP contribution in [0.1, 0.15) is 25.3 Å². The molecule has 130 valence electrons. The number of rotatable bonds is 6. The molecule has 0 unspecified atom stereocenters. The van der Waals surface area contributed by atoms with Crippen LogP contribution in [0, 0.1) is 0 Å². The zero-order valence-corrected chi connectivity index (χ0v) is 14.7. The van der Waals surface area contributed by atoms with Crippen molar-refractivity contribution >= 4 is 22.6 Å². The summed E-state index contributed by atoms with van der Waals surface area (Å²) in [5, 5.41) is 2.89. The first-order valence-corrected chi connectivity index (χ1v) is 8.63. The van der Waals surface area contributed by atoms with Crippen LogP contribution in [0.2, 0.25) is 0 Å². The van der Waals surface area contributed by atoms with Crippen LogP contribution < -0.4 is 11.0 Å². The Morgan fingerprint density at radius 1 is 1.04 bits per heavy atom. The smallest absolute Gasteiger partial charge is 0.326 e. The van der Waals surface area contributed by atoms with Crippen molar-refractivity contribution in [1.82, 2.24) is 9.13 Å². The van der Waals surface area contributed by atoms with Gasteiger partial charge in [0.15, 0.2) is 0 Å². The number of imidazole rings is 1. The van der Waals surface area contributed by atoms with Crippen LogP contribution in [-0.2, 0) is 24.8 Å². The van der Waals surface area contributed by atoms with Crippen LogP contribution >= 0.6 is 0 Å². The van der Waals surface area contributed by atoms with Crippen LogP contribution in [0.15, 0.2) is 53.3 Å². The van der Waals surface area contributed by atoms with E-state index in [9.17, 15) is 9.59 Å². The number of carbonyl (C=O) groups is 1. The number of aromatic nitrogens is 2. The number of anilines is 1. The van der Waals surface area contributed by atoms with Gasteiger partial charge >= 0.3 is 5.69 Å². The summed E-state index contributed by atoms with van der Waals surface area (Å²) < 4.78 is 3.26. The molecule has 1 amide bonds. The second-order valence-corrected chi connectivity index (χ2v) is 6.23. The van der Waals surface area contributed by atoms with Crippen molar-refractivity contribution in [1.29, 1.82) is 0 Å². The highest BCUT2D eigenvalue weighted by Gasteiger charge is 2.11. The van der Waals surface area contributed by atoms with Gasteiger partial charge in [0.25, 0.3) is 0 Å². The first-order chi connectivity index (χ1) is 12.1. The van der Waals surface area contributed by atoms with Gasteiger partial charge in [-0.1, -0.05) is 37.6 Å². The summed E-state index contributed by atoms with van der Waals surface area (Å²) in [5.41, 5.74) is 3.68. The number of aryl methyl sites for hydroxylation is 3. The van der Waals surface area contributed by atoms with Gasteiger partial charge in [-0.2, -0.15) is 0 Å². The van der Waals surface area contributed by atoms with Crippen molar-refractivity contribution in [2.24, 2.45) is 7.05 Å². The van der Waals surface area contributed by atoms with Crippen LogP contribution in [0.5, 0.6) is 0 Å². The van der Waals surface area contributed by atoms with Crippen LogP contribution in [0.25, 0.3) is 11.0 Å². The third-order valence-corrected chi connectivity index (χ3v) is 4.39. The number of para-hydroxylation sites is 2. The fourth-order valence-corrected chi connectivity index (χ4v) is 3.06. The van der Waals surface area contributed by atoms with E-state index in [1.807, 2.05) is 48.5 Å². The predicted molar refractivity (Wildman–Crippen MR) is 101 cm³/mol. The van der Waals surface area contributed by atoms with Gasteiger partial charge in [-0.05, 0) is 36.2 Å². The molecule has 2 aromatic carbocycles. The molecule has 0 radical (unpaired) electrons. The maximum Gasteiger partial charge on any atom is 0.328 e. The molecule has 0 saturated carbocycles. The van der Waals surface area contributed by atoms with E-state index in [0.29, 0.717) is 6.54 Å². The number of benzene rings is 2. The molecular weight excluding hydrogens is 314 g/mol. The molecule has 0 aliphatic rings. The van der Waals surface area contributed by atoms with Crippen molar-refractivity contribution in [2.75, 3.05) is 5.32 Å². The van der Waals surface area contributed by atoms with Gasteiger partial charge in [0.2, 0.25) is 5.91 Å². The zero-order valence-electron chi connectivity index (χ0n) is 14.7. The standard InChI is InChI=1S/C20H23N3O2/c1-3-6-15-9-11-16(12-10-15)21-19(24)13-14-23-18-8-5-4-7-17(18)22(2)20(23)25/h4-5,7-12H,3,6,13-14H2,1-2H3,(H,21,24). The van der Waals surface area contributed by atoms with E-state index >= 15 is 0 Å². The molecule has 0 atom stereocenters. The fraction of sp³-hybridized carbons (Fsp3) is 0.300. The van der Waals surface area contributed by atoms with Crippen LogP contribution in [-0.4, -0.2) is 15.0 Å². The Morgan fingerprint density at radius 3 is 2.40 bits per heavy atom. The Balaban J connectivity index is 1.67. The van der Waals surface area contributed by atoms with Crippen LogP contribution in [0.3, 0.4) is 0 Å². The topological polar surface area (TPSA) is 56.0 Å². The van der Waals surface area contributed by atoms with Crippen molar-refractivity contribution in [3.05, 3.63) is 64.6 Å². The number of carbonyl (C=O) groups excluding carboxylic acids is 1. The highest BCUT2D eigenvalue weighted by atomic mass is 16.2. The van der Waals surface area contributed by atoms with E-state index in [-0.39, 0.29) is 18.0 Å². The normalized spacial score (nSPS) is 11.0. The molecule has 0 aliphatic carbocycles. The average Bonchev–Trinajstić information content (AvgIpc) is 2.86. The monoisotopic (exact) mass is 337 g/mol. The average molecular weight is 337 g/mol. The summed E-state index contributed by atoms with van der Waals surface area (Å²) in [5.74, 6) is -0.0944. The largest absolute Gasteiger partial charge is 0.328 e. The third-order valence-electron chi connectivity index (χ3n) is 4.39. The highest BCUT2D eigenvalue weighted by molar-refractivity contribution is 5.90. The summed E-state index contributed by atoms with van der Waals surface area (Å²) in [7, 11) is 1.75. The van der Waals surface area contributed by atoms with Gasteiger partial charge in [-0.25, -0.2) is 4.79 Å². The lowest BCUT2D eigenvalue weighted by Gasteiger charge is -2.07. The number of nitrogens with one attached hydrogen (secondary N) is 1. The van der Waals surface area contributed by atoms with Gasteiger partial charge in [0, 0.05) is 25.7 Å². The van der Waals surface area contributed by atoms with Crippen molar-refractivity contribution < 1.29 is 4.79 Å². The van der Waals surface area contributed by atoms with Gasteiger partial charge in [-0.15, -0.1) is 0 Å². The Bertz CT molecular complexity index is 936. The Morgan fingerprint density at radius 2 is 1.72 bits per heavy atom. The minimum absolute atomic E-state index is 0.0944. The quantitative estimate of drug-likeness (QED) is 0.750. The van der Waals surface area contributed by atoms with Crippen molar-refractivity contribution in [3.63, 3.8) is 0 Å². The zero-order chi connectivity index (χ0) is 17.8. The van der Waals surface area contributed by atoms with Gasteiger partial charge in [-0.3, -0.25) is 13.9 Å². The number of nitrogens with zero attached hydrogens (tertiary/aromatic N) is 2. The maximum absolute atomic E-state index is 12.4. The van der Waals surface area contributed by atoms with E-state index in [1.54, 1.807) is 16.2 Å². The highest BCUT2D eigenvalue weighted by Crippen LogP contribution is 2.13. The lowest BCUT2D eigenvalue weighted by atomic mass is 10.1. The lowest BCUT2D eigenvalue weighted by Crippen LogP contribution is -2.24. The first-order valence-electron chi connectivity index (χ1n) is 8.63. The van der Waals surface area contributed by atoms with E-state index in [4.69, 9.17) is 0 Å². The van der Waals surface area contributed by atoms with Crippen molar-refractivity contribution in [3.8, 4) is 0 Å². The molecule has 1 heterocycles. The molecule has 1 N–H and O–H groups in total. The molecular formula is C20H23N3O2. The Kier molecular flexibility index (Phi) is 5.03. The molecule has 0 bridgehead atoms. The Labute approximate surface area is 146 Å². The number of amides is 1. The molecule has 3 rings (SSSR count). The minimum atomic E-state index is -0.0991. The number of fused-ring (bicyclic) bond motifs is 1. The predicted octanol–water partition coefficient (Wildman–Crippen LogP) is 3.32. The Hall–Kier alpha value is -2.82. The third kappa shape index (κ3) is 3.65. The maximum atomic E-state index is 12.4. The van der Waals surface area contributed by atoms with E-state index in [1.165, 1.54) is 5.56 Å². The number of hydrogen-bond acceptors (Lipinski definition) is 2. The molecule has 5 nitrogen and oxygen atoms in total. The van der Waals surface area contributed by atoms with Gasteiger partial charge in [0.05, 0.1) is 11.0 Å². The summed E-state index contributed by atoms with van der Waals surface area (Å²) in [6.45, 7) is 2.50. The SMILES string of the molecule is CCCc1ccc(NC(=O)CCn2c(=O)n(C)c3ccccc32)cc1. The van der Waals surface area contributed by atoms with Gasteiger partial charge < -0.3 is 5.32 Å². The molecule has 0 fully saturated rings. The molecule has 0 spiro atoms.